The molecule has 0 saturated heterocycles. The summed E-state index contributed by atoms with van der Waals surface area (Å²) < 4.78 is 47.2. The van der Waals surface area contributed by atoms with E-state index in [0.717, 1.165) is 12.8 Å². The molecule has 1 aliphatic rings. The van der Waals surface area contributed by atoms with E-state index in [-0.39, 0.29) is 29.0 Å². The number of carbonyl (C=O) groups excluding carboxylic acids is 1. The van der Waals surface area contributed by atoms with Crippen LogP contribution in [0.4, 0.5) is 0 Å². The molecule has 43 heavy (non-hydrogen) atoms. The lowest BCUT2D eigenvalue weighted by molar-refractivity contribution is -0.125. The highest BCUT2D eigenvalue weighted by Gasteiger charge is 2.45. The predicted octanol–water partition coefficient (Wildman–Crippen LogP) is 6.85. The Labute approximate surface area is 254 Å². The second kappa shape index (κ2) is 11.0. The number of nitrogens with zero attached hydrogens (tertiary/aromatic N) is 2. The second-order valence-electron chi connectivity index (χ2n) is 12.9. The van der Waals surface area contributed by atoms with E-state index in [0.29, 0.717) is 39.4 Å². The van der Waals surface area contributed by atoms with Crippen molar-refractivity contribution in [2.45, 2.75) is 76.7 Å². The maximum Gasteiger partial charge on any atom is 0.268 e. The molecular weight excluding hydrogens is 583 g/mol. The summed E-state index contributed by atoms with van der Waals surface area (Å²) in [5.74, 6) is 0.747. The molecule has 4 aromatic rings. The minimum Gasteiger partial charge on any atom is -0.543 e. The van der Waals surface area contributed by atoms with E-state index >= 15 is 0 Å². The first kappa shape index (κ1) is 30.6. The Kier molecular flexibility index (Phi) is 7.85. The minimum absolute atomic E-state index is 0.0427. The Bertz CT molecular complexity index is 1770. The van der Waals surface area contributed by atoms with Crippen molar-refractivity contribution in [3.8, 4) is 5.75 Å². The first-order valence-electron chi connectivity index (χ1n) is 14.3. The van der Waals surface area contributed by atoms with E-state index in [1.807, 2.05) is 13.0 Å². The number of benzene rings is 2. The Morgan fingerprint density at radius 3 is 2.44 bits per heavy atom. The van der Waals surface area contributed by atoms with Crippen LogP contribution in [-0.2, 0) is 32.4 Å². The number of carbonyl (C=O) groups is 1. The molecule has 1 N–H and O–H groups in total. The highest BCUT2D eigenvalue weighted by atomic mass is 32.2. The quantitative estimate of drug-likeness (QED) is 0.144. The van der Waals surface area contributed by atoms with Gasteiger partial charge in [0.25, 0.3) is 10.0 Å². The van der Waals surface area contributed by atoms with Gasteiger partial charge in [-0.15, -0.1) is 0 Å². The van der Waals surface area contributed by atoms with Crippen molar-refractivity contribution in [1.82, 2.24) is 14.4 Å². The van der Waals surface area contributed by atoms with Gasteiger partial charge in [0.2, 0.25) is 14.2 Å². The van der Waals surface area contributed by atoms with Crippen molar-refractivity contribution < 1.29 is 26.9 Å². The summed E-state index contributed by atoms with van der Waals surface area (Å²) in [7, 11) is -6.31. The van der Waals surface area contributed by atoms with E-state index in [1.165, 1.54) is 10.2 Å². The number of rotatable bonds is 11. The van der Waals surface area contributed by atoms with Crippen molar-refractivity contribution in [3.63, 3.8) is 0 Å². The van der Waals surface area contributed by atoms with Gasteiger partial charge in [-0.05, 0) is 55.2 Å². The number of hydrogen-bond donors (Lipinski definition) is 1. The molecule has 0 radical (unpaired) electrons. The molecule has 2 aromatic carbocycles. The molecule has 1 amide bonds. The van der Waals surface area contributed by atoms with Crippen molar-refractivity contribution in [2.75, 3.05) is 0 Å². The van der Waals surface area contributed by atoms with Gasteiger partial charge in [-0.1, -0.05) is 57.6 Å². The average molecular weight is 622 g/mol. The largest absolute Gasteiger partial charge is 0.543 e. The molecule has 0 bridgehead atoms. The maximum atomic E-state index is 14.1. The number of hydrogen-bond acceptors (Lipinski definition) is 7. The lowest BCUT2D eigenvalue weighted by Gasteiger charge is -2.37. The highest BCUT2D eigenvalue weighted by Crippen LogP contribution is 2.45. The van der Waals surface area contributed by atoms with Crippen LogP contribution in [0.1, 0.15) is 57.5 Å². The molecule has 2 heterocycles. The molecule has 1 saturated carbocycles. The van der Waals surface area contributed by atoms with Gasteiger partial charge in [-0.2, -0.15) is 0 Å². The standard InChI is InChI=1S/C32H39N3O6SSi/c1-22(41-43(6,7)31(2,3)4)27-18-23-17-25(20-33-30(36)32(5)14-15-32)35(42(37,38)26-11-9-8-10-12-26)28(23)19-29(27)39-21-24-13-16-40-34-24/h8-13,16-19H,1,14-15,20-21H2,2-7H3,(H,33,36). The molecule has 0 unspecified atom stereocenters. The molecule has 11 heteroatoms. The fourth-order valence-corrected chi connectivity index (χ4v) is 7.08. The fourth-order valence-electron chi connectivity index (χ4n) is 4.49. The molecule has 1 fully saturated rings. The van der Waals surface area contributed by atoms with Crippen LogP contribution in [-0.4, -0.2) is 31.8 Å². The van der Waals surface area contributed by atoms with Crippen molar-refractivity contribution in [1.29, 1.82) is 0 Å². The summed E-state index contributed by atoms with van der Waals surface area (Å²) >= 11 is 0. The molecule has 2 aromatic heterocycles. The third-order valence-electron chi connectivity index (χ3n) is 8.54. The van der Waals surface area contributed by atoms with Crippen LogP contribution in [0.15, 0.2) is 76.9 Å². The predicted molar refractivity (Wildman–Crippen MR) is 168 cm³/mol. The Balaban J connectivity index is 1.65. The molecule has 0 spiro atoms. The van der Waals surface area contributed by atoms with Crippen LogP contribution >= 0.6 is 0 Å². The number of ether oxygens (including phenoxy) is 1. The Morgan fingerprint density at radius 2 is 1.84 bits per heavy atom. The molecule has 1 aliphatic carbocycles. The molecule has 228 valence electrons. The molecular formula is C32H39N3O6SSi. The van der Waals surface area contributed by atoms with E-state index in [9.17, 15) is 13.2 Å². The summed E-state index contributed by atoms with van der Waals surface area (Å²) in [5.41, 5.74) is 1.61. The average Bonchev–Trinajstić information content (AvgIpc) is 3.32. The summed E-state index contributed by atoms with van der Waals surface area (Å²) in [4.78, 5) is 13.0. The van der Waals surface area contributed by atoms with Gasteiger partial charge < -0.3 is 19.0 Å². The first-order valence-corrected chi connectivity index (χ1v) is 18.6. The van der Waals surface area contributed by atoms with Crippen LogP contribution in [0.3, 0.4) is 0 Å². The van der Waals surface area contributed by atoms with Crippen molar-refractivity contribution >= 4 is 40.9 Å². The number of aromatic nitrogens is 2. The molecule has 0 atom stereocenters. The maximum absolute atomic E-state index is 14.1. The SMILES string of the molecule is C=C(O[Si](C)(C)C(C)(C)C)c1cc2cc(CNC(=O)C3(C)CC3)n(S(=O)(=O)c3ccccc3)c2cc1OCc1ccon1. The zero-order valence-electron chi connectivity index (χ0n) is 25.6. The van der Waals surface area contributed by atoms with Crippen LogP contribution in [0.25, 0.3) is 16.7 Å². The van der Waals surface area contributed by atoms with Gasteiger partial charge in [0.05, 0.1) is 28.2 Å². The molecule has 0 aliphatic heterocycles. The van der Waals surface area contributed by atoms with Crippen molar-refractivity contribution in [3.05, 3.63) is 84.4 Å². The minimum atomic E-state index is -4.04. The number of fused-ring (bicyclic) bond motifs is 1. The van der Waals surface area contributed by atoms with Gasteiger partial charge in [0, 0.05) is 22.9 Å². The van der Waals surface area contributed by atoms with E-state index < -0.39 is 23.8 Å². The van der Waals surface area contributed by atoms with Gasteiger partial charge >= 0.3 is 0 Å². The summed E-state index contributed by atoms with van der Waals surface area (Å²) in [5, 5.41) is 7.47. The van der Waals surface area contributed by atoms with Crippen LogP contribution < -0.4 is 10.1 Å². The zero-order chi connectivity index (χ0) is 31.2. The van der Waals surface area contributed by atoms with Crippen LogP contribution in [0, 0.1) is 5.41 Å². The van der Waals surface area contributed by atoms with Crippen LogP contribution in [0.5, 0.6) is 5.75 Å². The van der Waals surface area contributed by atoms with Gasteiger partial charge in [0.1, 0.15) is 30.1 Å². The lowest BCUT2D eigenvalue weighted by Crippen LogP contribution is -2.40. The van der Waals surface area contributed by atoms with Gasteiger partial charge in [-0.25, -0.2) is 12.4 Å². The third-order valence-corrected chi connectivity index (χ3v) is 14.7. The Hall–Kier alpha value is -3.83. The molecule has 5 rings (SSSR count). The highest BCUT2D eigenvalue weighted by molar-refractivity contribution is 7.90. The van der Waals surface area contributed by atoms with Crippen LogP contribution in [0.2, 0.25) is 18.1 Å². The zero-order valence-corrected chi connectivity index (χ0v) is 27.4. The number of amides is 1. The summed E-state index contributed by atoms with van der Waals surface area (Å²) in [6.45, 7) is 17.0. The molecule has 9 nitrogen and oxygen atoms in total. The summed E-state index contributed by atoms with van der Waals surface area (Å²) in [6.07, 6.45) is 3.09. The third kappa shape index (κ3) is 6.14. The van der Waals surface area contributed by atoms with Gasteiger partial charge in [-0.3, -0.25) is 4.79 Å². The fraction of sp³-hybridized carbons (Fsp3) is 0.375. The van der Waals surface area contributed by atoms with E-state index in [1.54, 1.807) is 48.5 Å². The van der Waals surface area contributed by atoms with Gasteiger partial charge in [0.15, 0.2) is 0 Å². The lowest BCUT2D eigenvalue weighted by atomic mass is 10.1. The first-order chi connectivity index (χ1) is 20.1. The topological polar surface area (TPSA) is 113 Å². The normalized spacial score (nSPS) is 14.8. The summed E-state index contributed by atoms with van der Waals surface area (Å²) in [6, 6.07) is 15.3. The van der Waals surface area contributed by atoms with Crippen molar-refractivity contribution in [2.24, 2.45) is 5.41 Å². The Morgan fingerprint density at radius 1 is 1.14 bits per heavy atom. The van der Waals surface area contributed by atoms with E-state index in [2.05, 4.69) is 50.9 Å². The second-order valence-corrected chi connectivity index (χ2v) is 19.4. The monoisotopic (exact) mass is 621 g/mol. The number of nitrogens with one attached hydrogen (secondary N) is 1. The van der Waals surface area contributed by atoms with E-state index in [4.69, 9.17) is 13.7 Å². The smallest absolute Gasteiger partial charge is 0.268 e.